The van der Waals surface area contributed by atoms with Gasteiger partial charge in [-0.15, -0.1) is 0 Å². The number of halogens is 2. The van der Waals surface area contributed by atoms with E-state index < -0.39 is 6.61 Å². The summed E-state index contributed by atoms with van der Waals surface area (Å²) in [7, 11) is 1.61. The largest absolute Gasteiger partial charge is 0.497 e. The number of ether oxygens (including phenoxy) is 4. The van der Waals surface area contributed by atoms with E-state index in [2.05, 4.69) is 20.4 Å². The molecule has 2 N–H and O–H groups in total. The second-order valence-corrected chi connectivity index (χ2v) is 6.09. The first kappa shape index (κ1) is 20.5. The van der Waals surface area contributed by atoms with E-state index in [9.17, 15) is 8.78 Å². The first-order valence-corrected chi connectivity index (χ1v) is 9.11. The van der Waals surface area contributed by atoms with Gasteiger partial charge in [0.2, 0.25) is 6.79 Å². The molecule has 0 spiro atoms. The lowest BCUT2D eigenvalue weighted by Gasteiger charge is -2.15. The van der Waals surface area contributed by atoms with Crippen molar-refractivity contribution >= 4 is 5.96 Å². The quantitative estimate of drug-likeness (QED) is 0.517. The molecule has 0 bridgehead atoms. The normalized spacial score (nSPS) is 12.8. The minimum absolute atomic E-state index is 0.0303. The Hall–Kier alpha value is -3.23. The highest BCUT2D eigenvalue weighted by atomic mass is 19.3. The van der Waals surface area contributed by atoms with Gasteiger partial charge in [-0.25, -0.2) is 4.99 Å². The van der Waals surface area contributed by atoms with Gasteiger partial charge in [0.05, 0.1) is 13.7 Å². The lowest BCUT2D eigenvalue weighted by molar-refractivity contribution is -0.0505. The van der Waals surface area contributed by atoms with Crippen LogP contribution in [-0.2, 0) is 13.1 Å². The molecular weight excluding hydrogens is 384 g/mol. The Morgan fingerprint density at radius 3 is 2.52 bits per heavy atom. The van der Waals surface area contributed by atoms with Crippen molar-refractivity contribution in [2.24, 2.45) is 4.99 Å². The molecule has 29 heavy (non-hydrogen) atoms. The van der Waals surface area contributed by atoms with Gasteiger partial charge in [0.15, 0.2) is 17.5 Å². The summed E-state index contributed by atoms with van der Waals surface area (Å²) in [5.41, 5.74) is 1.51. The summed E-state index contributed by atoms with van der Waals surface area (Å²) in [6, 6.07) is 10.6. The number of aliphatic imine (C=N–C) groups is 1. The average molecular weight is 407 g/mol. The smallest absolute Gasteiger partial charge is 0.387 e. The molecule has 0 saturated carbocycles. The van der Waals surface area contributed by atoms with Gasteiger partial charge in [-0.2, -0.15) is 8.78 Å². The van der Waals surface area contributed by atoms with Crippen LogP contribution in [0.3, 0.4) is 0 Å². The lowest BCUT2D eigenvalue weighted by Crippen LogP contribution is -2.36. The fourth-order valence-electron chi connectivity index (χ4n) is 2.73. The van der Waals surface area contributed by atoms with Crippen LogP contribution in [0.1, 0.15) is 18.1 Å². The molecule has 7 nitrogen and oxygen atoms in total. The van der Waals surface area contributed by atoms with Crippen LogP contribution in [0.5, 0.6) is 23.0 Å². The molecule has 0 unspecified atom stereocenters. The van der Waals surface area contributed by atoms with Crippen molar-refractivity contribution in [2.45, 2.75) is 26.6 Å². The van der Waals surface area contributed by atoms with Crippen molar-refractivity contribution in [1.29, 1.82) is 0 Å². The van der Waals surface area contributed by atoms with Crippen LogP contribution in [0.15, 0.2) is 41.4 Å². The molecular formula is C20H23F2N3O4. The van der Waals surface area contributed by atoms with Crippen LogP contribution >= 0.6 is 0 Å². The van der Waals surface area contributed by atoms with Crippen LogP contribution in [0, 0.1) is 0 Å². The number of alkyl halides is 2. The Labute approximate surface area is 167 Å². The highest BCUT2D eigenvalue weighted by Crippen LogP contribution is 2.38. The van der Waals surface area contributed by atoms with Crippen molar-refractivity contribution in [3.05, 3.63) is 47.5 Å². The Balaban J connectivity index is 1.70. The summed E-state index contributed by atoms with van der Waals surface area (Å²) in [6.07, 6.45) is 0. The predicted molar refractivity (Wildman–Crippen MR) is 104 cm³/mol. The first-order valence-electron chi connectivity index (χ1n) is 9.11. The van der Waals surface area contributed by atoms with Crippen LogP contribution < -0.4 is 29.6 Å². The topological polar surface area (TPSA) is 73.3 Å². The molecule has 3 rings (SSSR count). The minimum Gasteiger partial charge on any atom is -0.497 e. The van der Waals surface area contributed by atoms with Gasteiger partial charge in [-0.05, 0) is 30.7 Å². The van der Waals surface area contributed by atoms with E-state index >= 15 is 0 Å². The van der Waals surface area contributed by atoms with Crippen molar-refractivity contribution in [3.63, 3.8) is 0 Å². The number of methoxy groups -OCH3 is 1. The van der Waals surface area contributed by atoms with E-state index in [-0.39, 0.29) is 19.1 Å². The molecule has 156 valence electrons. The summed E-state index contributed by atoms with van der Waals surface area (Å²) in [5, 5.41) is 6.26. The number of nitrogens with zero attached hydrogens (tertiary/aromatic N) is 1. The summed E-state index contributed by atoms with van der Waals surface area (Å²) in [6.45, 7) is 0.360. The minimum atomic E-state index is -2.94. The summed E-state index contributed by atoms with van der Waals surface area (Å²) in [5.74, 6) is 2.22. The Bertz CT molecular complexity index is 844. The van der Waals surface area contributed by atoms with E-state index in [1.165, 1.54) is 6.07 Å². The molecule has 1 aliphatic rings. The summed E-state index contributed by atoms with van der Waals surface area (Å²) >= 11 is 0. The third-order valence-electron chi connectivity index (χ3n) is 4.14. The van der Waals surface area contributed by atoms with Gasteiger partial charge in [-0.3, -0.25) is 0 Å². The molecule has 0 saturated heterocycles. The van der Waals surface area contributed by atoms with Crippen molar-refractivity contribution < 1.29 is 27.7 Å². The van der Waals surface area contributed by atoms with E-state index in [1.807, 2.05) is 31.2 Å². The number of nitrogens with one attached hydrogen (secondary N) is 2. The van der Waals surface area contributed by atoms with Crippen molar-refractivity contribution in [1.82, 2.24) is 10.6 Å². The fraction of sp³-hybridized carbons (Fsp3) is 0.350. The fourth-order valence-corrected chi connectivity index (χ4v) is 2.73. The van der Waals surface area contributed by atoms with Gasteiger partial charge in [0.25, 0.3) is 0 Å². The van der Waals surface area contributed by atoms with E-state index in [0.717, 1.165) is 11.3 Å². The third kappa shape index (κ3) is 5.63. The zero-order valence-electron chi connectivity index (χ0n) is 16.2. The second kappa shape index (κ2) is 9.81. The molecule has 0 amide bonds. The SMILES string of the molecule is CCNC(=NCc1ccc(OC)cc1)NCc1cc2c(cc1OC(F)F)OCO2. The number of fused-ring (bicyclic) bond motifs is 1. The van der Waals surface area contributed by atoms with E-state index in [1.54, 1.807) is 13.2 Å². The molecule has 0 atom stereocenters. The molecule has 2 aromatic rings. The highest BCUT2D eigenvalue weighted by molar-refractivity contribution is 5.79. The average Bonchev–Trinajstić information content (AvgIpc) is 3.17. The maximum absolute atomic E-state index is 12.8. The maximum Gasteiger partial charge on any atom is 0.387 e. The number of rotatable bonds is 8. The number of guanidine groups is 1. The van der Waals surface area contributed by atoms with Crippen LogP contribution in [0.25, 0.3) is 0 Å². The predicted octanol–water partition coefficient (Wildman–Crippen LogP) is 3.28. The molecule has 0 radical (unpaired) electrons. The summed E-state index contributed by atoms with van der Waals surface area (Å²) < 4.78 is 45.9. The molecule has 2 aromatic carbocycles. The number of hydrogen-bond donors (Lipinski definition) is 2. The van der Waals surface area contributed by atoms with Gasteiger partial charge >= 0.3 is 6.61 Å². The molecule has 0 aliphatic carbocycles. The Kier molecular flexibility index (Phi) is 6.94. The van der Waals surface area contributed by atoms with Crippen molar-refractivity contribution in [3.8, 4) is 23.0 Å². The number of hydrogen-bond acceptors (Lipinski definition) is 5. The van der Waals surface area contributed by atoms with Gasteiger partial charge in [0.1, 0.15) is 11.5 Å². The van der Waals surface area contributed by atoms with Crippen LogP contribution in [-0.4, -0.2) is 33.0 Å². The van der Waals surface area contributed by atoms with Crippen LogP contribution in [0.4, 0.5) is 8.78 Å². The zero-order chi connectivity index (χ0) is 20.6. The van der Waals surface area contributed by atoms with Crippen molar-refractivity contribution in [2.75, 3.05) is 20.4 Å². The molecule has 9 heteroatoms. The highest BCUT2D eigenvalue weighted by Gasteiger charge is 2.20. The number of benzene rings is 2. The monoisotopic (exact) mass is 407 g/mol. The molecule has 0 aromatic heterocycles. The first-order chi connectivity index (χ1) is 14.1. The standard InChI is InChI=1S/C20H23F2N3O4/c1-3-23-20(24-10-13-4-6-15(26-2)7-5-13)25-11-14-8-17-18(28-12-27-17)9-16(14)29-19(21)22/h4-9,19H,3,10-12H2,1-2H3,(H2,23,24,25). The van der Waals surface area contributed by atoms with Gasteiger partial charge in [0, 0.05) is 24.7 Å². The summed E-state index contributed by atoms with van der Waals surface area (Å²) in [4.78, 5) is 4.53. The Morgan fingerprint density at radius 2 is 1.86 bits per heavy atom. The lowest BCUT2D eigenvalue weighted by atomic mass is 10.1. The van der Waals surface area contributed by atoms with E-state index in [4.69, 9.17) is 14.2 Å². The molecule has 0 fully saturated rings. The third-order valence-corrected chi connectivity index (χ3v) is 4.14. The second-order valence-electron chi connectivity index (χ2n) is 6.09. The Morgan fingerprint density at radius 1 is 1.14 bits per heavy atom. The zero-order valence-corrected chi connectivity index (χ0v) is 16.2. The van der Waals surface area contributed by atoms with Gasteiger partial charge in [-0.1, -0.05) is 12.1 Å². The van der Waals surface area contributed by atoms with Gasteiger partial charge < -0.3 is 29.6 Å². The molecule has 1 heterocycles. The molecule has 1 aliphatic heterocycles. The van der Waals surface area contributed by atoms with E-state index in [0.29, 0.717) is 36.1 Å². The maximum atomic E-state index is 12.8. The van der Waals surface area contributed by atoms with Crippen LogP contribution in [0.2, 0.25) is 0 Å².